The molecule has 0 aromatic rings. The Morgan fingerprint density at radius 2 is 1.74 bits per heavy atom. The van der Waals surface area contributed by atoms with E-state index in [1.807, 2.05) is 13.8 Å². The standard InChI is InChI=1S/C33H61N3O6S/c1-23(2)26(42-43(38,39)40)10-7-9-24-11-12-27-30(24,3)15-14-28-31(4)16-13-25(36-20-8-19-35-18-6-5-17-34)21-33(31)29(41-33)22-32(27,28)37/h23-29,35-37H,5-22,34H2,1-4H3,(H,38,39,40)/t24?,25?,26?,27?,28?,29?,30?,31?,32?,33-/m0/s1. The van der Waals surface area contributed by atoms with Gasteiger partial charge in [0.15, 0.2) is 0 Å². The predicted molar refractivity (Wildman–Crippen MR) is 169 cm³/mol. The van der Waals surface area contributed by atoms with Crippen LogP contribution in [0.4, 0.5) is 0 Å². The summed E-state index contributed by atoms with van der Waals surface area (Å²) in [7, 11) is -4.46. The van der Waals surface area contributed by atoms with Crippen molar-refractivity contribution in [1.82, 2.24) is 10.6 Å². The number of epoxide rings is 1. The minimum atomic E-state index is -4.46. The first-order valence-corrected chi connectivity index (χ1v) is 18.9. The molecule has 1 spiro atoms. The molecule has 4 saturated carbocycles. The molecule has 1 aliphatic heterocycles. The first kappa shape index (κ1) is 34.0. The molecule has 10 heteroatoms. The topological polar surface area (TPSA) is 146 Å². The van der Waals surface area contributed by atoms with Crippen LogP contribution in [-0.4, -0.2) is 73.7 Å². The molecule has 9 nitrogen and oxygen atoms in total. The van der Waals surface area contributed by atoms with Gasteiger partial charge in [-0.3, -0.25) is 4.55 Å². The van der Waals surface area contributed by atoms with Crippen molar-refractivity contribution < 1.29 is 27.0 Å². The molecular formula is C33H61N3O6S. The lowest BCUT2D eigenvalue weighted by Crippen LogP contribution is -2.67. The van der Waals surface area contributed by atoms with E-state index in [2.05, 4.69) is 24.5 Å². The van der Waals surface area contributed by atoms with Crippen LogP contribution in [0.25, 0.3) is 0 Å². The Balaban J connectivity index is 1.16. The summed E-state index contributed by atoms with van der Waals surface area (Å²) in [6.07, 6.45) is 14.0. The van der Waals surface area contributed by atoms with Gasteiger partial charge in [0.25, 0.3) is 0 Å². The fraction of sp³-hybridized carbons (Fsp3) is 1.00. The molecule has 0 radical (unpaired) electrons. The largest absolute Gasteiger partial charge is 0.397 e. The van der Waals surface area contributed by atoms with Crippen LogP contribution in [0.5, 0.6) is 0 Å². The van der Waals surface area contributed by atoms with E-state index in [0.717, 1.165) is 110 Å². The van der Waals surface area contributed by atoms with E-state index in [4.69, 9.17) is 14.7 Å². The number of aliphatic hydroxyl groups is 1. The number of rotatable bonds is 16. The summed E-state index contributed by atoms with van der Waals surface area (Å²) >= 11 is 0. The second-order valence-corrected chi connectivity index (χ2v) is 16.8. The highest BCUT2D eigenvalue weighted by Crippen LogP contribution is 2.75. The Kier molecular flexibility index (Phi) is 10.3. The molecule has 6 N–H and O–H groups in total. The van der Waals surface area contributed by atoms with Crippen molar-refractivity contribution >= 4 is 10.4 Å². The number of unbranched alkanes of at least 4 members (excludes halogenated alkanes) is 1. The quantitative estimate of drug-likeness (QED) is 0.0943. The molecule has 10 atom stereocenters. The van der Waals surface area contributed by atoms with E-state index in [0.29, 0.717) is 18.4 Å². The number of hydrogen-bond donors (Lipinski definition) is 5. The van der Waals surface area contributed by atoms with Crippen molar-refractivity contribution in [1.29, 1.82) is 0 Å². The summed E-state index contributed by atoms with van der Waals surface area (Å²) in [6.45, 7) is 12.6. The van der Waals surface area contributed by atoms with Gasteiger partial charge < -0.3 is 26.2 Å². The maximum absolute atomic E-state index is 12.7. The molecule has 0 aromatic heterocycles. The number of nitrogens with two attached hydrogens (primary N) is 1. The first-order chi connectivity index (χ1) is 20.3. The summed E-state index contributed by atoms with van der Waals surface area (Å²) in [5, 5.41) is 20.0. The van der Waals surface area contributed by atoms with Crippen LogP contribution in [0.3, 0.4) is 0 Å². The molecule has 9 unspecified atom stereocenters. The van der Waals surface area contributed by atoms with Gasteiger partial charge in [-0.15, -0.1) is 0 Å². The van der Waals surface area contributed by atoms with Crippen LogP contribution in [0, 0.1) is 34.5 Å². The summed E-state index contributed by atoms with van der Waals surface area (Å²) in [4.78, 5) is 0. The monoisotopic (exact) mass is 627 g/mol. The van der Waals surface area contributed by atoms with Crippen molar-refractivity contribution in [2.45, 2.75) is 147 Å². The molecule has 0 aromatic carbocycles. The summed E-state index contributed by atoms with van der Waals surface area (Å²) in [5.41, 5.74) is 4.93. The number of hydrogen-bond acceptors (Lipinski definition) is 8. The van der Waals surface area contributed by atoms with E-state index in [9.17, 15) is 18.1 Å². The van der Waals surface area contributed by atoms with Crippen LogP contribution in [-0.2, 0) is 19.3 Å². The second-order valence-electron chi connectivity index (χ2n) is 15.8. The molecule has 5 rings (SSSR count). The van der Waals surface area contributed by atoms with Crippen LogP contribution in [0.15, 0.2) is 0 Å². The SMILES string of the molecule is CC(C)C(CCCC1CCC2C1(C)CCC1C2(O)CC2O[C@@]23CC(NCCCNCCCCN)CCC13C)OS(=O)(=O)O. The van der Waals surface area contributed by atoms with Gasteiger partial charge >= 0.3 is 10.4 Å². The van der Waals surface area contributed by atoms with Crippen molar-refractivity contribution in [3.8, 4) is 0 Å². The highest BCUT2D eigenvalue weighted by atomic mass is 32.3. The molecule has 1 saturated heterocycles. The number of ether oxygens (including phenoxy) is 1. The van der Waals surface area contributed by atoms with Gasteiger partial charge in [0.05, 0.1) is 17.8 Å². The second kappa shape index (κ2) is 13.1. The van der Waals surface area contributed by atoms with Crippen LogP contribution >= 0.6 is 0 Å². The summed E-state index contributed by atoms with van der Waals surface area (Å²) < 4.78 is 43.6. The maximum Gasteiger partial charge on any atom is 0.397 e. The van der Waals surface area contributed by atoms with Crippen LogP contribution < -0.4 is 16.4 Å². The van der Waals surface area contributed by atoms with E-state index in [-0.39, 0.29) is 40.3 Å². The Morgan fingerprint density at radius 1 is 0.977 bits per heavy atom. The van der Waals surface area contributed by atoms with Crippen molar-refractivity contribution in [3.05, 3.63) is 0 Å². The molecule has 1 heterocycles. The number of fused-ring (bicyclic) bond motifs is 4. The lowest BCUT2D eigenvalue weighted by Gasteiger charge is -2.63. The Hall–Kier alpha value is -0.330. The summed E-state index contributed by atoms with van der Waals surface area (Å²) in [6, 6.07) is 0.491. The van der Waals surface area contributed by atoms with Gasteiger partial charge in [-0.2, -0.15) is 8.42 Å². The predicted octanol–water partition coefficient (Wildman–Crippen LogP) is 4.58. The fourth-order valence-electron chi connectivity index (χ4n) is 10.8. The highest BCUT2D eigenvalue weighted by Gasteiger charge is 2.79. The van der Waals surface area contributed by atoms with Gasteiger partial charge in [-0.1, -0.05) is 34.1 Å². The average molecular weight is 628 g/mol. The smallest absolute Gasteiger partial charge is 0.389 e. The van der Waals surface area contributed by atoms with Crippen molar-refractivity contribution in [2.24, 2.45) is 40.2 Å². The lowest BCUT2D eigenvalue weighted by atomic mass is 9.42. The Bertz CT molecular complexity index is 1060. The van der Waals surface area contributed by atoms with Gasteiger partial charge in [0, 0.05) is 17.9 Å². The van der Waals surface area contributed by atoms with Gasteiger partial charge in [-0.25, -0.2) is 4.18 Å². The summed E-state index contributed by atoms with van der Waals surface area (Å²) in [5.74, 6) is 1.08. The van der Waals surface area contributed by atoms with Gasteiger partial charge in [0.2, 0.25) is 0 Å². The average Bonchev–Trinajstić information content (AvgIpc) is 3.50. The van der Waals surface area contributed by atoms with Crippen LogP contribution in [0.1, 0.15) is 118 Å². The third-order valence-electron chi connectivity index (χ3n) is 13.1. The van der Waals surface area contributed by atoms with E-state index in [1.54, 1.807) is 0 Å². The molecule has 250 valence electrons. The molecular weight excluding hydrogens is 566 g/mol. The van der Waals surface area contributed by atoms with Crippen molar-refractivity contribution in [3.63, 3.8) is 0 Å². The molecule has 5 fully saturated rings. The van der Waals surface area contributed by atoms with Gasteiger partial charge in [-0.05, 0) is 132 Å². The zero-order chi connectivity index (χ0) is 31.1. The number of nitrogens with one attached hydrogen (secondary N) is 2. The molecule has 43 heavy (non-hydrogen) atoms. The highest BCUT2D eigenvalue weighted by molar-refractivity contribution is 7.80. The first-order valence-electron chi connectivity index (χ1n) is 17.5. The molecule has 4 aliphatic carbocycles. The van der Waals surface area contributed by atoms with Crippen LogP contribution in [0.2, 0.25) is 0 Å². The maximum atomic E-state index is 12.7. The molecule has 0 bridgehead atoms. The third-order valence-corrected chi connectivity index (χ3v) is 13.6. The zero-order valence-corrected chi connectivity index (χ0v) is 28.1. The van der Waals surface area contributed by atoms with E-state index < -0.39 is 22.1 Å². The lowest BCUT2D eigenvalue weighted by molar-refractivity contribution is -0.209. The van der Waals surface area contributed by atoms with E-state index >= 15 is 0 Å². The van der Waals surface area contributed by atoms with Crippen molar-refractivity contribution in [2.75, 3.05) is 26.2 Å². The Morgan fingerprint density at radius 3 is 2.47 bits per heavy atom. The Labute approximate surface area is 261 Å². The van der Waals surface area contributed by atoms with Gasteiger partial charge in [0.1, 0.15) is 5.60 Å². The van der Waals surface area contributed by atoms with E-state index in [1.165, 1.54) is 0 Å². The molecule has 5 aliphatic rings. The fourth-order valence-corrected chi connectivity index (χ4v) is 11.4. The minimum Gasteiger partial charge on any atom is -0.389 e. The zero-order valence-electron chi connectivity index (χ0n) is 27.3. The normalized spacial score (nSPS) is 42.7. The third kappa shape index (κ3) is 6.60. The molecule has 0 amide bonds. The minimum absolute atomic E-state index is 0.00523.